The molecule has 3 rings (SSSR count). The standard InChI is InChI=1S/C40H52N6O8S/c1-39(2,3)53-37(51)43-31(23-28-17-11-8-12-18-28)35(49)41-25-33(47)45-55(7,27-30-21-15-10-16-22-30)46-34(48)26-42-36(50)32(24-29-19-13-9-14-20-29)44-38(52)54-40(4,5)6/h8-22,31-32H,23-27H2,1-7H3,(H,41,49)(H,42,50)(H,43,51)(H,44,52)/t31-,32?,55?/m0/s1. The van der Waals surface area contributed by atoms with Crippen LogP contribution in [0.2, 0.25) is 0 Å². The summed E-state index contributed by atoms with van der Waals surface area (Å²) in [4.78, 5) is 78.4. The fraction of sp³-hybridized carbons (Fsp3) is 0.400. The number of carbonyl (C=O) groups is 6. The first-order valence-corrected chi connectivity index (χ1v) is 19.9. The Kier molecular flexibility index (Phi) is 16.1. The molecule has 3 aromatic carbocycles. The first kappa shape index (κ1) is 43.8. The molecule has 0 saturated carbocycles. The normalized spacial score (nSPS) is 13.4. The smallest absolute Gasteiger partial charge is 0.408 e. The van der Waals surface area contributed by atoms with Crippen molar-refractivity contribution >= 4 is 45.4 Å². The maximum Gasteiger partial charge on any atom is 0.408 e. The van der Waals surface area contributed by atoms with Gasteiger partial charge in [-0.3, -0.25) is 19.2 Å². The highest BCUT2D eigenvalue weighted by Gasteiger charge is 2.27. The van der Waals surface area contributed by atoms with Crippen molar-refractivity contribution in [3.05, 3.63) is 108 Å². The lowest BCUT2D eigenvalue weighted by Gasteiger charge is -2.23. The number of rotatable bonds is 14. The van der Waals surface area contributed by atoms with Crippen LogP contribution in [0.15, 0.2) is 99.7 Å². The average Bonchev–Trinajstić information content (AvgIpc) is 3.08. The summed E-state index contributed by atoms with van der Waals surface area (Å²) in [6.07, 6.45) is 0.239. The molecule has 0 aliphatic rings. The van der Waals surface area contributed by atoms with E-state index in [4.69, 9.17) is 9.47 Å². The Hall–Kier alpha value is -5.57. The fourth-order valence-electron chi connectivity index (χ4n) is 5.07. The van der Waals surface area contributed by atoms with Crippen LogP contribution in [0.3, 0.4) is 0 Å². The molecule has 0 heterocycles. The summed E-state index contributed by atoms with van der Waals surface area (Å²) in [5.41, 5.74) is 0.694. The highest BCUT2D eigenvalue weighted by molar-refractivity contribution is 7.94. The summed E-state index contributed by atoms with van der Waals surface area (Å²) in [6, 6.07) is 25.0. The summed E-state index contributed by atoms with van der Waals surface area (Å²) in [5, 5.41) is 10.2. The third-order valence-electron chi connectivity index (χ3n) is 7.29. The van der Waals surface area contributed by atoms with Gasteiger partial charge in [0.1, 0.15) is 23.3 Å². The van der Waals surface area contributed by atoms with E-state index in [9.17, 15) is 28.8 Å². The van der Waals surface area contributed by atoms with Gasteiger partial charge in [0.2, 0.25) is 11.8 Å². The molecule has 3 atom stereocenters. The van der Waals surface area contributed by atoms with E-state index >= 15 is 0 Å². The number of benzene rings is 3. The molecular formula is C40H52N6O8S. The minimum atomic E-state index is -2.73. The van der Waals surface area contributed by atoms with Crippen molar-refractivity contribution in [2.24, 2.45) is 8.73 Å². The predicted octanol–water partition coefficient (Wildman–Crippen LogP) is 4.90. The molecule has 296 valence electrons. The Bertz CT molecular complexity index is 1800. The molecule has 0 bridgehead atoms. The van der Waals surface area contributed by atoms with Crippen LogP contribution in [0.5, 0.6) is 0 Å². The Morgan fingerprint density at radius 2 is 0.891 bits per heavy atom. The number of ether oxygens (including phenoxy) is 2. The zero-order chi connectivity index (χ0) is 40.6. The van der Waals surface area contributed by atoms with Gasteiger partial charge in [0.05, 0.1) is 13.1 Å². The summed E-state index contributed by atoms with van der Waals surface area (Å²) in [7, 11) is -2.73. The molecule has 14 nitrogen and oxygen atoms in total. The number of alkyl carbamates (subject to hydrolysis) is 2. The minimum Gasteiger partial charge on any atom is -0.444 e. The molecule has 0 spiro atoms. The molecule has 0 fully saturated rings. The summed E-state index contributed by atoms with van der Waals surface area (Å²) in [5.74, 6) is -2.65. The Morgan fingerprint density at radius 3 is 1.22 bits per heavy atom. The fourth-order valence-corrected chi connectivity index (χ4v) is 7.07. The van der Waals surface area contributed by atoms with Gasteiger partial charge in [-0.25, -0.2) is 9.59 Å². The molecule has 0 radical (unpaired) electrons. The third-order valence-corrected chi connectivity index (χ3v) is 9.36. The van der Waals surface area contributed by atoms with Gasteiger partial charge in [0.15, 0.2) is 0 Å². The maximum absolute atomic E-state index is 13.3. The van der Waals surface area contributed by atoms with Gasteiger partial charge in [-0.1, -0.05) is 91.0 Å². The van der Waals surface area contributed by atoms with Crippen LogP contribution in [0, 0.1) is 0 Å². The highest BCUT2D eigenvalue weighted by atomic mass is 32.2. The number of amides is 6. The minimum absolute atomic E-state index is 0.126. The lowest BCUT2D eigenvalue weighted by Crippen LogP contribution is -2.50. The number of carbonyl (C=O) groups excluding carboxylic acids is 6. The van der Waals surface area contributed by atoms with Gasteiger partial charge in [-0.15, -0.1) is 0 Å². The van der Waals surface area contributed by atoms with E-state index in [1.54, 1.807) is 108 Å². The lowest BCUT2D eigenvalue weighted by atomic mass is 10.1. The molecule has 6 amide bonds. The van der Waals surface area contributed by atoms with Crippen LogP contribution in [-0.4, -0.2) is 78.4 Å². The molecule has 0 aromatic heterocycles. The van der Waals surface area contributed by atoms with E-state index in [1.807, 2.05) is 30.3 Å². The third kappa shape index (κ3) is 17.4. The quantitative estimate of drug-likeness (QED) is 0.178. The van der Waals surface area contributed by atoms with Gasteiger partial charge < -0.3 is 30.7 Å². The number of nitrogens with zero attached hydrogens (tertiary/aromatic N) is 2. The van der Waals surface area contributed by atoms with E-state index in [0.29, 0.717) is 0 Å². The van der Waals surface area contributed by atoms with Gasteiger partial charge in [-0.05, 0) is 67.9 Å². The molecule has 0 saturated heterocycles. The van der Waals surface area contributed by atoms with Crippen molar-refractivity contribution in [1.29, 1.82) is 0 Å². The monoisotopic (exact) mass is 776 g/mol. The van der Waals surface area contributed by atoms with Crippen molar-refractivity contribution in [3.63, 3.8) is 0 Å². The van der Waals surface area contributed by atoms with Crippen LogP contribution in [0.4, 0.5) is 9.59 Å². The Labute approximate surface area is 323 Å². The number of hydrogen-bond acceptors (Lipinski definition) is 8. The summed E-state index contributed by atoms with van der Waals surface area (Å²) < 4.78 is 19.3. The number of nitrogens with one attached hydrogen (secondary N) is 4. The van der Waals surface area contributed by atoms with Crippen molar-refractivity contribution in [2.75, 3.05) is 19.3 Å². The van der Waals surface area contributed by atoms with E-state index < -0.39 is 81.8 Å². The van der Waals surface area contributed by atoms with E-state index in [1.165, 1.54) is 0 Å². The zero-order valence-electron chi connectivity index (χ0n) is 32.4. The van der Waals surface area contributed by atoms with Crippen LogP contribution in [0.1, 0.15) is 58.2 Å². The van der Waals surface area contributed by atoms with E-state index in [0.717, 1.165) is 16.7 Å². The van der Waals surface area contributed by atoms with Crippen molar-refractivity contribution in [2.45, 2.75) is 83.4 Å². The maximum atomic E-state index is 13.3. The zero-order valence-corrected chi connectivity index (χ0v) is 33.2. The van der Waals surface area contributed by atoms with Crippen molar-refractivity contribution in [3.8, 4) is 0 Å². The van der Waals surface area contributed by atoms with Crippen molar-refractivity contribution < 1.29 is 38.2 Å². The van der Waals surface area contributed by atoms with E-state index in [-0.39, 0.29) is 18.6 Å². The first-order chi connectivity index (χ1) is 25.8. The number of hydrogen-bond donors (Lipinski definition) is 4. The van der Waals surface area contributed by atoms with Crippen LogP contribution >= 0.6 is 0 Å². The molecule has 15 heteroatoms. The topological polar surface area (TPSA) is 194 Å². The molecule has 4 N–H and O–H groups in total. The molecular weight excluding hydrogens is 725 g/mol. The van der Waals surface area contributed by atoms with Gasteiger partial charge in [0.25, 0.3) is 11.8 Å². The molecule has 0 aliphatic heterocycles. The SMILES string of the molecule is CC(C)(C)OC(=O)NC(Cc1ccccc1)C(=O)NCC(=O)N=S(C)(Cc1ccccc1)=NC(=O)CNC(=O)[C@H](Cc1ccccc1)NC(=O)OC(C)(C)C. The van der Waals surface area contributed by atoms with Crippen LogP contribution < -0.4 is 21.3 Å². The van der Waals surface area contributed by atoms with Gasteiger partial charge >= 0.3 is 12.2 Å². The second-order valence-electron chi connectivity index (χ2n) is 14.8. The van der Waals surface area contributed by atoms with Crippen molar-refractivity contribution in [1.82, 2.24) is 21.3 Å². The molecule has 55 heavy (non-hydrogen) atoms. The molecule has 3 aromatic rings. The largest absolute Gasteiger partial charge is 0.444 e. The Balaban J connectivity index is 1.79. The summed E-state index contributed by atoms with van der Waals surface area (Å²) in [6.45, 7) is 9.13. The summed E-state index contributed by atoms with van der Waals surface area (Å²) >= 11 is 0. The molecule has 2 unspecified atom stereocenters. The first-order valence-electron chi connectivity index (χ1n) is 17.7. The van der Waals surface area contributed by atoms with Gasteiger partial charge in [0, 0.05) is 24.9 Å². The van der Waals surface area contributed by atoms with Crippen LogP contribution in [-0.2, 0) is 56.9 Å². The second kappa shape index (κ2) is 20.2. The van der Waals surface area contributed by atoms with Gasteiger partial charge in [-0.2, -0.15) is 8.73 Å². The second-order valence-corrected chi connectivity index (χ2v) is 17.4. The van der Waals surface area contributed by atoms with Crippen LogP contribution in [0.25, 0.3) is 0 Å². The lowest BCUT2D eigenvalue weighted by molar-refractivity contribution is -0.126. The predicted molar refractivity (Wildman–Crippen MR) is 211 cm³/mol. The molecule has 0 aliphatic carbocycles. The Morgan fingerprint density at radius 1 is 0.564 bits per heavy atom. The highest BCUT2D eigenvalue weighted by Crippen LogP contribution is 2.13. The average molecular weight is 777 g/mol. The van der Waals surface area contributed by atoms with E-state index in [2.05, 4.69) is 30.0 Å².